The van der Waals surface area contributed by atoms with Crippen LogP contribution < -0.4 is 14.8 Å². The molecule has 1 aliphatic carbocycles. The minimum atomic E-state index is -0.446. The summed E-state index contributed by atoms with van der Waals surface area (Å²) in [5.74, 6) is 1.62. The van der Waals surface area contributed by atoms with Crippen molar-refractivity contribution in [2.45, 2.75) is 45.2 Å². The van der Waals surface area contributed by atoms with Crippen LogP contribution in [0.4, 0.5) is 0 Å². The van der Waals surface area contributed by atoms with Crippen LogP contribution in [0, 0.1) is 12.8 Å². The van der Waals surface area contributed by atoms with Crippen molar-refractivity contribution < 1.29 is 23.8 Å². The highest BCUT2D eigenvalue weighted by Crippen LogP contribution is 2.40. The first-order valence-corrected chi connectivity index (χ1v) is 12.7. The van der Waals surface area contributed by atoms with Crippen molar-refractivity contribution in [3.8, 4) is 22.9 Å². The van der Waals surface area contributed by atoms with Gasteiger partial charge in [-0.1, -0.05) is 12.1 Å². The third kappa shape index (κ3) is 4.18. The van der Waals surface area contributed by atoms with Crippen LogP contribution in [0.3, 0.4) is 0 Å². The first-order chi connectivity index (χ1) is 18.0. The van der Waals surface area contributed by atoms with Crippen molar-refractivity contribution in [3.63, 3.8) is 0 Å². The van der Waals surface area contributed by atoms with Crippen LogP contribution in [-0.4, -0.2) is 52.9 Å². The molecule has 2 fully saturated rings. The van der Waals surface area contributed by atoms with E-state index in [0.717, 1.165) is 52.1 Å². The standard InChI is InChI=1S/C28H30N4O5/c1-16-25(30-32-14-19(28(34)36-3)12-23(35-2)26(16)32)21-11-18-5-4-6-22(27(18)31(21)13-17-7-8-17)37-15-20-9-10-24(33)29-20/h4-6,11-12,14,17,20H,7-10,13,15H2,1-3H3,(H,29,33)/t20-/m1/s1. The maximum absolute atomic E-state index is 12.2. The maximum atomic E-state index is 12.2. The minimum absolute atomic E-state index is 0.0335. The minimum Gasteiger partial charge on any atom is -0.494 e. The average molecular weight is 503 g/mol. The molecule has 0 radical (unpaired) electrons. The second-order valence-corrected chi connectivity index (χ2v) is 9.95. The lowest BCUT2D eigenvalue weighted by molar-refractivity contribution is -0.119. The van der Waals surface area contributed by atoms with E-state index in [9.17, 15) is 9.59 Å². The van der Waals surface area contributed by atoms with Crippen molar-refractivity contribution in [2.75, 3.05) is 20.8 Å². The number of methoxy groups -OCH3 is 2. The summed E-state index contributed by atoms with van der Waals surface area (Å²) in [6.07, 6.45) is 5.43. The molecule has 1 aromatic carbocycles. The predicted octanol–water partition coefficient (Wildman–Crippen LogP) is 4.13. The van der Waals surface area contributed by atoms with Crippen molar-refractivity contribution >= 4 is 28.3 Å². The molecule has 1 atom stereocenters. The molecule has 2 aliphatic rings. The van der Waals surface area contributed by atoms with E-state index in [4.69, 9.17) is 19.3 Å². The summed E-state index contributed by atoms with van der Waals surface area (Å²) in [7, 11) is 2.94. The van der Waals surface area contributed by atoms with Crippen molar-refractivity contribution in [1.29, 1.82) is 0 Å². The van der Waals surface area contributed by atoms with E-state index < -0.39 is 5.97 Å². The second kappa shape index (κ2) is 9.14. The Hall–Kier alpha value is -4.01. The summed E-state index contributed by atoms with van der Waals surface area (Å²) in [6, 6.07) is 9.96. The molecule has 0 bridgehead atoms. The number of rotatable bonds is 8. The molecule has 1 N–H and O–H groups in total. The van der Waals surface area contributed by atoms with Gasteiger partial charge in [-0.25, -0.2) is 9.31 Å². The monoisotopic (exact) mass is 502 g/mol. The zero-order chi connectivity index (χ0) is 25.7. The van der Waals surface area contributed by atoms with Crippen LogP contribution in [-0.2, 0) is 16.1 Å². The number of amides is 1. The zero-order valence-corrected chi connectivity index (χ0v) is 21.2. The molecule has 1 saturated carbocycles. The Bertz CT molecular complexity index is 1530. The van der Waals surface area contributed by atoms with Gasteiger partial charge in [0.25, 0.3) is 0 Å². The number of hydrogen-bond acceptors (Lipinski definition) is 6. The Kier molecular flexibility index (Phi) is 5.78. The number of aryl methyl sites for hydroxylation is 1. The molecule has 4 aromatic rings. The fourth-order valence-electron chi connectivity index (χ4n) is 5.26. The summed E-state index contributed by atoms with van der Waals surface area (Å²) >= 11 is 0. The van der Waals surface area contributed by atoms with Crippen LogP contribution in [0.5, 0.6) is 11.5 Å². The highest BCUT2D eigenvalue weighted by molar-refractivity contribution is 5.94. The SMILES string of the molecule is COC(=O)c1cc(OC)c2c(C)c(-c3cc4cccc(OC[C@H]5CCC(=O)N5)c4n3CC3CC3)nn2c1. The number of aromatic nitrogens is 3. The van der Waals surface area contributed by atoms with Gasteiger partial charge < -0.3 is 24.1 Å². The number of nitrogens with zero attached hydrogens (tertiary/aromatic N) is 3. The molecule has 0 spiro atoms. The quantitative estimate of drug-likeness (QED) is 0.364. The topological polar surface area (TPSA) is 96.1 Å². The van der Waals surface area contributed by atoms with Crippen LogP contribution >= 0.6 is 0 Å². The van der Waals surface area contributed by atoms with Crippen LogP contribution in [0.15, 0.2) is 36.5 Å². The van der Waals surface area contributed by atoms with Gasteiger partial charge in [-0.05, 0) is 50.3 Å². The summed E-state index contributed by atoms with van der Waals surface area (Å²) in [5, 5.41) is 8.97. The Morgan fingerprint density at radius 2 is 1.97 bits per heavy atom. The Labute approximate surface area is 214 Å². The number of para-hydroxylation sites is 1. The molecule has 1 aliphatic heterocycles. The molecule has 1 amide bonds. The first-order valence-electron chi connectivity index (χ1n) is 12.7. The van der Waals surface area contributed by atoms with E-state index in [1.54, 1.807) is 23.9 Å². The third-order valence-electron chi connectivity index (χ3n) is 7.36. The van der Waals surface area contributed by atoms with Gasteiger partial charge >= 0.3 is 5.97 Å². The largest absolute Gasteiger partial charge is 0.494 e. The van der Waals surface area contributed by atoms with Crippen LogP contribution in [0.25, 0.3) is 27.8 Å². The summed E-state index contributed by atoms with van der Waals surface area (Å²) in [6.45, 7) is 3.34. The van der Waals surface area contributed by atoms with Gasteiger partial charge in [0, 0.05) is 30.1 Å². The fourth-order valence-corrected chi connectivity index (χ4v) is 5.26. The van der Waals surface area contributed by atoms with E-state index >= 15 is 0 Å². The fraction of sp³-hybridized carbons (Fsp3) is 0.393. The number of fused-ring (bicyclic) bond motifs is 2. The van der Waals surface area contributed by atoms with Crippen LogP contribution in [0.2, 0.25) is 0 Å². The van der Waals surface area contributed by atoms with Crippen LogP contribution in [0.1, 0.15) is 41.6 Å². The lowest BCUT2D eigenvalue weighted by Crippen LogP contribution is -2.30. The molecule has 4 heterocycles. The number of nitrogens with one attached hydrogen (secondary N) is 1. The molecule has 37 heavy (non-hydrogen) atoms. The number of esters is 1. The number of ether oxygens (including phenoxy) is 3. The van der Waals surface area contributed by atoms with Gasteiger partial charge in [-0.2, -0.15) is 5.10 Å². The van der Waals surface area contributed by atoms with Gasteiger partial charge in [0.05, 0.1) is 37.0 Å². The van der Waals surface area contributed by atoms with E-state index in [-0.39, 0.29) is 11.9 Å². The van der Waals surface area contributed by atoms with E-state index in [1.165, 1.54) is 20.0 Å². The molecule has 9 nitrogen and oxygen atoms in total. The normalized spacial score (nSPS) is 17.4. The summed E-state index contributed by atoms with van der Waals surface area (Å²) in [4.78, 5) is 23.9. The molecular weight excluding hydrogens is 472 g/mol. The van der Waals surface area contributed by atoms with Gasteiger partial charge in [-0.15, -0.1) is 0 Å². The van der Waals surface area contributed by atoms with Crippen molar-refractivity contribution in [1.82, 2.24) is 19.5 Å². The lowest BCUT2D eigenvalue weighted by Gasteiger charge is -2.15. The Morgan fingerprint density at radius 1 is 1.14 bits per heavy atom. The molecule has 1 saturated heterocycles. The molecule has 192 valence electrons. The summed E-state index contributed by atoms with van der Waals surface area (Å²) in [5.41, 5.74) is 4.99. The molecule has 3 aromatic heterocycles. The predicted molar refractivity (Wildman–Crippen MR) is 138 cm³/mol. The van der Waals surface area contributed by atoms with Gasteiger partial charge in [0.1, 0.15) is 29.3 Å². The van der Waals surface area contributed by atoms with Crippen molar-refractivity contribution in [3.05, 3.63) is 47.7 Å². The number of carbonyl (C=O) groups excluding carboxylic acids is 2. The maximum Gasteiger partial charge on any atom is 0.339 e. The van der Waals surface area contributed by atoms with Gasteiger partial charge in [-0.3, -0.25) is 4.79 Å². The third-order valence-corrected chi connectivity index (χ3v) is 7.36. The van der Waals surface area contributed by atoms with Gasteiger partial charge in [0.15, 0.2) is 0 Å². The number of pyridine rings is 1. The molecule has 9 heteroatoms. The van der Waals surface area contributed by atoms with Crippen molar-refractivity contribution in [2.24, 2.45) is 5.92 Å². The molecule has 6 rings (SSSR count). The van der Waals surface area contributed by atoms with E-state index in [1.807, 2.05) is 19.1 Å². The van der Waals surface area contributed by atoms with E-state index in [2.05, 4.69) is 22.0 Å². The van der Waals surface area contributed by atoms with E-state index in [0.29, 0.717) is 30.3 Å². The number of hydrogen-bond donors (Lipinski definition) is 1. The smallest absolute Gasteiger partial charge is 0.339 e. The Balaban J connectivity index is 1.47. The first kappa shape index (κ1) is 23.4. The number of benzene rings is 1. The lowest BCUT2D eigenvalue weighted by atomic mass is 10.1. The zero-order valence-electron chi connectivity index (χ0n) is 21.2. The van der Waals surface area contributed by atoms with Gasteiger partial charge in [0.2, 0.25) is 5.91 Å². The average Bonchev–Trinajstić information content (AvgIpc) is 3.37. The second-order valence-electron chi connectivity index (χ2n) is 9.95. The molecule has 0 unspecified atom stereocenters. The Morgan fingerprint density at radius 3 is 2.68 bits per heavy atom. The highest BCUT2D eigenvalue weighted by Gasteiger charge is 2.28. The summed E-state index contributed by atoms with van der Waals surface area (Å²) < 4.78 is 20.9. The molecular formula is C28H30N4O5. The highest BCUT2D eigenvalue weighted by atomic mass is 16.5. The number of carbonyl (C=O) groups is 2.